The molecular formula is C14H11Cl2F2N. The van der Waals surface area contributed by atoms with Crippen molar-refractivity contribution in [2.45, 2.75) is 13.0 Å². The Kier molecular flexibility index (Phi) is 4.27. The van der Waals surface area contributed by atoms with Gasteiger partial charge in [0.15, 0.2) is 0 Å². The van der Waals surface area contributed by atoms with Crippen LogP contribution < -0.4 is 5.32 Å². The van der Waals surface area contributed by atoms with Gasteiger partial charge < -0.3 is 5.32 Å². The highest BCUT2D eigenvalue weighted by molar-refractivity contribution is 6.42. The maximum absolute atomic E-state index is 13.6. The van der Waals surface area contributed by atoms with E-state index in [1.54, 1.807) is 25.1 Å². The quantitative estimate of drug-likeness (QED) is 0.795. The summed E-state index contributed by atoms with van der Waals surface area (Å²) in [5.74, 6) is -1.18. The smallest absolute Gasteiger partial charge is 0.131 e. The normalized spacial score (nSPS) is 12.3. The van der Waals surface area contributed by atoms with E-state index in [-0.39, 0.29) is 6.04 Å². The minimum atomic E-state index is -0.594. The van der Waals surface area contributed by atoms with E-state index in [1.807, 2.05) is 0 Å². The third-order valence-electron chi connectivity index (χ3n) is 2.73. The molecule has 2 rings (SSSR count). The van der Waals surface area contributed by atoms with E-state index in [2.05, 4.69) is 5.32 Å². The Morgan fingerprint density at radius 1 is 1.00 bits per heavy atom. The van der Waals surface area contributed by atoms with Crippen LogP contribution in [0.2, 0.25) is 10.0 Å². The summed E-state index contributed by atoms with van der Waals surface area (Å²) in [6, 6.07) is 8.24. The third-order valence-corrected chi connectivity index (χ3v) is 3.47. The van der Waals surface area contributed by atoms with E-state index in [0.29, 0.717) is 21.3 Å². The highest BCUT2D eigenvalue weighted by Crippen LogP contribution is 2.28. The van der Waals surface area contributed by atoms with Gasteiger partial charge in [-0.15, -0.1) is 0 Å². The molecule has 2 aromatic carbocycles. The topological polar surface area (TPSA) is 12.0 Å². The van der Waals surface area contributed by atoms with Gasteiger partial charge in [-0.25, -0.2) is 8.78 Å². The summed E-state index contributed by atoms with van der Waals surface area (Å²) in [5.41, 5.74) is 1.10. The lowest BCUT2D eigenvalue weighted by Crippen LogP contribution is -2.08. The van der Waals surface area contributed by atoms with Gasteiger partial charge in [0, 0.05) is 17.3 Å². The van der Waals surface area contributed by atoms with Crippen molar-refractivity contribution in [1.29, 1.82) is 0 Å². The summed E-state index contributed by atoms with van der Waals surface area (Å²) in [7, 11) is 0. The van der Waals surface area contributed by atoms with Gasteiger partial charge in [0.25, 0.3) is 0 Å². The summed E-state index contributed by atoms with van der Waals surface area (Å²) in [6.07, 6.45) is 0. The molecule has 100 valence electrons. The fourth-order valence-electron chi connectivity index (χ4n) is 1.77. The van der Waals surface area contributed by atoms with Crippen molar-refractivity contribution in [1.82, 2.24) is 0 Å². The van der Waals surface area contributed by atoms with E-state index in [1.165, 1.54) is 12.1 Å². The van der Waals surface area contributed by atoms with Gasteiger partial charge in [-0.05, 0) is 31.2 Å². The molecule has 1 nitrogen and oxygen atoms in total. The Balaban J connectivity index is 2.20. The van der Waals surface area contributed by atoms with Gasteiger partial charge in [0.1, 0.15) is 11.6 Å². The molecule has 0 spiro atoms. The van der Waals surface area contributed by atoms with Crippen LogP contribution in [0.1, 0.15) is 18.5 Å². The molecule has 0 heterocycles. The zero-order chi connectivity index (χ0) is 14.0. The van der Waals surface area contributed by atoms with Gasteiger partial charge in [-0.1, -0.05) is 29.3 Å². The molecule has 0 aliphatic carbocycles. The Labute approximate surface area is 120 Å². The summed E-state index contributed by atoms with van der Waals surface area (Å²) in [6.45, 7) is 1.78. The van der Waals surface area contributed by atoms with E-state index in [4.69, 9.17) is 23.2 Å². The molecular weight excluding hydrogens is 291 g/mol. The first-order chi connectivity index (χ1) is 8.97. The SMILES string of the molecule is CC(Nc1ccc(Cl)c(Cl)c1)c1ccc(F)cc1F. The van der Waals surface area contributed by atoms with E-state index >= 15 is 0 Å². The lowest BCUT2D eigenvalue weighted by molar-refractivity contribution is 0.566. The molecule has 0 aromatic heterocycles. The second-order valence-electron chi connectivity index (χ2n) is 4.16. The molecule has 5 heteroatoms. The number of hydrogen-bond donors (Lipinski definition) is 1. The molecule has 0 bridgehead atoms. The molecule has 0 saturated heterocycles. The van der Waals surface area contributed by atoms with Gasteiger partial charge in [0.2, 0.25) is 0 Å². The first-order valence-electron chi connectivity index (χ1n) is 5.64. The van der Waals surface area contributed by atoms with Crippen molar-refractivity contribution >= 4 is 28.9 Å². The zero-order valence-electron chi connectivity index (χ0n) is 10.1. The zero-order valence-corrected chi connectivity index (χ0v) is 11.6. The van der Waals surface area contributed by atoms with E-state index in [9.17, 15) is 8.78 Å². The van der Waals surface area contributed by atoms with Gasteiger partial charge in [-0.3, -0.25) is 0 Å². The predicted octanol–water partition coefficient (Wildman–Crippen LogP) is 5.44. The summed E-state index contributed by atoms with van der Waals surface area (Å²) < 4.78 is 26.5. The van der Waals surface area contributed by atoms with Crippen LogP contribution in [0.5, 0.6) is 0 Å². The first kappa shape index (κ1) is 14.1. The molecule has 0 fully saturated rings. The highest BCUT2D eigenvalue weighted by atomic mass is 35.5. The van der Waals surface area contributed by atoms with Crippen molar-refractivity contribution < 1.29 is 8.78 Å². The van der Waals surface area contributed by atoms with Crippen LogP contribution in [-0.4, -0.2) is 0 Å². The minimum Gasteiger partial charge on any atom is -0.378 e. The average molecular weight is 302 g/mol. The molecule has 19 heavy (non-hydrogen) atoms. The van der Waals surface area contributed by atoms with Crippen LogP contribution in [0, 0.1) is 11.6 Å². The van der Waals surface area contributed by atoms with Crippen LogP contribution in [0.3, 0.4) is 0 Å². The predicted molar refractivity (Wildman–Crippen MR) is 74.9 cm³/mol. The van der Waals surface area contributed by atoms with Gasteiger partial charge in [-0.2, -0.15) is 0 Å². The van der Waals surface area contributed by atoms with Crippen LogP contribution in [0.4, 0.5) is 14.5 Å². The molecule has 0 saturated carbocycles. The third kappa shape index (κ3) is 3.37. The molecule has 1 unspecified atom stereocenters. The van der Waals surface area contributed by atoms with Crippen molar-refractivity contribution in [2.24, 2.45) is 0 Å². The maximum Gasteiger partial charge on any atom is 0.131 e. The summed E-state index contributed by atoms with van der Waals surface area (Å²) in [4.78, 5) is 0. The van der Waals surface area contributed by atoms with Crippen LogP contribution >= 0.6 is 23.2 Å². The fraction of sp³-hybridized carbons (Fsp3) is 0.143. The lowest BCUT2D eigenvalue weighted by Gasteiger charge is -2.16. The van der Waals surface area contributed by atoms with Gasteiger partial charge in [0.05, 0.1) is 16.1 Å². The molecule has 0 amide bonds. The number of hydrogen-bond acceptors (Lipinski definition) is 1. The molecule has 2 aromatic rings. The highest BCUT2D eigenvalue weighted by Gasteiger charge is 2.12. The van der Waals surface area contributed by atoms with Crippen molar-refractivity contribution in [2.75, 3.05) is 5.32 Å². The monoisotopic (exact) mass is 301 g/mol. The summed E-state index contributed by atoms with van der Waals surface area (Å²) in [5, 5.41) is 3.95. The Morgan fingerprint density at radius 3 is 2.37 bits per heavy atom. The molecule has 0 radical (unpaired) electrons. The number of anilines is 1. The number of halogens is 4. The van der Waals surface area contributed by atoms with Gasteiger partial charge >= 0.3 is 0 Å². The van der Waals surface area contributed by atoms with E-state index in [0.717, 1.165) is 6.07 Å². The molecule has 0 aliphatic heterocycles. The van der Waals surface area contributed by atoms with Crippen LogP contribution in [-0.2, 0) is 0 Å². The molecule has 1 N–H and O–H groups in total. The number of benzene rings is 2. The molecule has 0 aliphatic rings. The summed E-state index contributed by atoms with van der Waals surface area (Å²) >= 11 is 11.7. The van der Waals surface area contributed by atoms with Crippen molar-refractivity contribution in [3.05, 3.63) is 63.6 Å². The second-order valence-corrected chi connectivity index (χ2v) is 4.98. The number of nitrogens with one attached hydrogen (secondary N) is 1. The second kappa shape index (κ2) is 5.76. The Morgan fingerprint density at radius 2 is 1.74 bits per heavy atom. The number of rotatable bonds is 3. The Hall–Kier alpha value is -1.32. The minimum absolute atomic E-state index is 0.321. The van der Waals surface area contributed by atoms with Crippen LogP contribution in [0.25, 0.3) is 0 Å². The molecule has 1 atom stereocenters. The average Bonchev–Trinajstić information content (AvgIpc) is 2.33. The van der Waals surface area contributed by atoms with Crippen molar-refractivity contribution in [3.8, 4) is 0 Å². The lowest BCUT2D eigenvalue weighted by atomic mass is 10.1. The first-order valence-corrected chi connectivity index (χ1v) is 6.39. The van der Waals surface area contributed by atoms with E-state index < -0.39 is 11.6 Å². The van der Waals surface area contributed by atoms with Crippen LogP contribution in [0.15, 0.2) is 36.4 Å². The largest absolute Gasteiger partial charge is 0.378 e. The van der Waals surface area contributed by atoms with Crippen molar-refractivity contribution in [3.63, 3.8) is 0 Å². The maximum atomic E-state index is 13.6. The fourth-order valence-corrected chi connectivity index (χ4v) is 2.06. The standard InChI is InChI=1S/C14H11Cl2F2N/c1-8(11-4-2-9(17)6-14(11)18)19-10-3-5-12(15)13(16)7-10/h2-8,19H,1H3. The Bertz CT molecular complexity index is 602.